The number of anilines is 1. The topological polar surface area (TPSA) is 86.4 Å². The van der Waals surface area contributed by atoms with Crippen LogP contribution in [0, 0.1) is 13.8 Å². The number of carbonyl (C=O) groups is 1. The first-order valence-corrected chi connectivity index (χ1v) is 9.62. The van der Waals surface area contributed by atoms with Crippen molar-refractivity contribution in [1.29, 1.82) is 0 Å². The number of likely N-dealkylation sites (N-methyl/N-ethyl adjacent to an activating group) is 1. The molecule has 1 aliphatic heterocycles. The number of carbonyl (C=O) groups excluding carboxylic acids is 1. The van der Waals surface area contributed by atoms with E-state index in [1.54, 1.807) is 18.7 Å². The Balaban J connectivity index is 1.82. The summed E-state index contributed by atoms with van der Waals surface area (Å²) < 4.78 is 26.7. The standard InChI is InChI=1S/C17H22N4O3S/c1-12-17(13(2)19-18-12)25(23,24)20(3)11-16(22)21-10-6-8-14-7-4-5-9-15(14)21/h4-5,7,9H,6,8,10-11H2,1-3H3,(H,18,19). The number of nitrogens with one attached hydrogen (secondary N) is 1. The lowest BCUT2D eigenvalue weighted by Gasteiger charge is -2.30. The van der Waals surface area contributed by atoms with Crippen molar-refractivity contribution in [2.24, 2.45) is 0 Å². The number of nitrogens with zero attached hydrogens (tertiary/aromatic N) is 3. The maximum Gasteiger partial charge on any atom is 0.246 e. The molecule has 8 heteroatoms. The van der Waals surface area contributed by atoms with Crippen LogP contribution >= 0.6 is 0 Å². The fourth-order valence-electron chi connectivity index (χ4n) is 3.23. The summed E-state index contributed by atoms with van der Waals surface area (Å²) in [5.41, 5.74) is 2.87. The van der Waals surface area contributed by atoms with E-state index >= 15 is 0 Å². The summed E-state index contributed by atoms with van der Waals surface area (Å²) >= 11 is 0. The van der Waals surface area contributed by atoms with E-state index in [9.17, 15) is 13.2 Å². The van der Waals surface area contributed by atoms with Gasteiger partial charge in [-0.05, 0) is 38.3 Å². The van der Waals surface area contributed by atoms with Crippen LogP contribution in [0.2, 0.25) is 0 Å². The van der Waals surface area contributed by atoms with Crippen molar-refractivity contribution in [2.45, 2.75) is 31.6 Å². The smallest absolute Gasteiger partial charge is 0.246 e. The average molecular weight is 362 g/mol. The van der Waals surface area contributed by atoms with Crippen molar-refractivity contribution in [2.75, 3.05) is 25.0 Å². The highest BCUT2D eigenvalue weighted by molar-refractivity contribution is 7.89. The molecule has 1 aliphatic rings. The Bertz CT molecular complexity index is 885. The van der Waals surface area contributed by atoms with Gasteiger partial charge in [-0.1, -0.05) is 18.2 Å². The second-order valence-corrected chi connectivity index (χ2v) is 8.28. The lowest BCUT2D eigenvalue weighted by Crippen LogP contribution is -2.43. The zero-order chi connectivity index (χ0) is 18.2. The van der Waals surface area contributed by atoms with E-state index in [1.807, 2.05) is 24.3 Å². The van der Waals surface area contributed by atoms with E-state index in [4.69, 9.17) is 0 Å². The number of fused-ring (bicyclic) bond motifs is 1. The maximum atomic E-state index is 12.8. The number of aromatic amines is 1. The van der Waals surface area contributed by atoms with E-state index < -0.39 is 10.0 Å². The zero-order valence-corrected chi connectivity index (χ0v) is 15.4. The van der Waals surface area contributed by atoms with Crippen molar-refractivity contribution in [3.8, 4) is 0 Å². The van der Waals surface area contributed by atoms with Gasteiger partial charge in [0.2, 0.25) is 15.9 Å². The third-order valence-corrected chi connectivity index (χ3v) is 6.57. The second kappa shape index (κ2) is 6.61. The summed E-state index contributed by atoms with van der Waals surface area (Å²) in [5, 5.41) is 6.61. The number of hydrogen-bond donors (Lipinski definition) is 1. The minimum absolute atomic E-state index is 0.141. The number of rotatable bonds is 4. The van der Waals surface area contributed by atoms with Gasteiger partial charge in [-0.25, -0.2) is 8.42 Å². The van der Waals surface area contributed by atoms with Gasteiger partial charge >= 0.3 is 0 Å². The molecule has 0 fully saturated rings. The van der Waals surface area contributed by atoms with Crippen LogP contribution in [0.4, 0.5) is 5.69 Å². The summed E-state index contributed by atoms with van der Waals surface area (Å²) in [4.78, 5) is 14.6. The van der Waals surface area contributed by atoms with E-state index in [0.29, 0.717) is 17.9 Å². The van der Waals surface area contributed by atoms with Gasteiger partial charge in [-0.2, -0.15) is 9.40 Å². The number of aryl methyl sites for hydroxylation is 3. The molecule has 0 saturated heterocycles. The molecule has 1 N–H and O–H groups in total. The second-order valence-electron chi connectivity index (χ2n) is 6.30. The number of hydrogen-bond acceptors (Lipinski definition) is 4. The van der Waals surface area contributed by atoms with Crippen molar-refractivity contribution in [3.05, 3.63) is 41.2 Å². The molecule has 134 valence electrons. The Morgan fingerprint density at radius 3 is 2.72 bits per heavy atom. The van der Waals surface area contributed by atoms with E-state index in [0.717, 1.165) is 28.4 Å². The SMILES string of the molecule is Cc1n[nH]c(C)c1S(=O)(=O)N(C)CC(=O)N1CCCc2ccccc21. The summed E-state index contributed by atoms with van der Waals surface area (Å²) in [6.45, 7) is 3.69. The molecule has 1 aromatic heterocycles. The van der Waals surface area contributed by atoms with Crippen LogP contribution in [-0.4, -0.2) is 49.0 Å². The van der Waals surface area contributed by atoms with Gasteiger partial charge in [0.15, 0.2) is 0 Å². The van der Waals surface area contributed by atoms with Crippen LogP contribution in [-0.2, 0) is 21.2 Å². The Hall–Kier alpha value is -2.19. The third kappa shape index (κ3) is 3.19. The molecular formula is C17H22N4O3S. The molecule has 0 unspecified atom stereocenters. The molecule has 0 atom stereocenters. The Morgan fingerprint density at radius 1 is 1.32 bits per heavy atom. The van der Waals surface area contributed by atoms with Crippen LogP contribution in [0.3, 0.4) is 0 Å². The normalized spacial score (nSPS) is 14.6. The van der Waals surface area contributed by atoms with E-state index in [1.165, 1.54) is 7.05 Å². The lowest BCUT2D eigenvalue weighted by molar-refractivity contribution is -0.118. The van der Waals surface area contributed by atoms with Crippen molar-refractivity contribution < 1.29 is 13.2 Å². The molecular weight excluding hydrogens is 340 g/mol. The highest BCUT2D eigenvalue weighted by Crippen LogP contribution is 2.27. The predicted octanol–water partition coefficient (Wildman–Crippen LogP) is 1.63. The number of amides is 1. The molecule has 3 rings (SSSR count). The van der Waals surface area contributed by atoms with Crippen molar-refractivity contribution >= 4 is 21.6 Å². The first-order valence-electron chi connectivity index (χ1n) is 8.18. The van der Waals surface area contributed by atoms with Gasteiger partial charge in [0.05, 0.1) is 17.9 Å². The van der Waals surface area contributed by atoms with Crippen LogP contribution in [0.25, 0.3) is 0 Å². The molecule has 0 aliphatic carbocycles. The Morgan fingerprint density at radius 2 is 2.04 bits per heavy atom. The number of sulfonamides is 1. The molecule has 0 radical (unpaired) electrons. The largest absolute Gasteiger partial charge is 0.311 e. The molecule has 7 nitrogen and oxygen atoms in total. The third-order valence-electron chi connectivity index (χ3n) is 4.50. The molecule has 1 amide bonds. The molecule has 2 aromatic rings. The van der Waals surface area contributed by atoms with Crippen molar-refractivity contribution in [3.63, 3.8) is 0 Å². The minimum Gasteiger partial charge on any atom is -0.311 e. The van der Waals surface area contributed by atoms with Gasteiger partial charge in [0, 0.05) is 19.3 Å². The van der Waals surface area contributed by atoms with Gasteiger partial charge in [0.25, 0.3) is 0 Å². The zero-order valence-electron chi connectivity index (χ0n) is 14.6. The fourth-order valence-corrected chi connectivity index (χ4v) is 4.67. The summed E-state index contributed by atoms with van der Waals surface area (Å²) in [7, 11) is -2.35. The Labute approximate surface area is 147 Å². The molecule has 0 bridgehead atoms. The molecule has 2 heterocycles. The van der Waals surface area contributed by atoms with Gasteiger partial charge in [0.1, 0.15) is 4.90 Å². The number of H-pyrrole nitrogens is 1. The van der Waals surface area contributed by atoms with Crippen LogP contribution in [0.15, 0.2) is 29.2 Å². The van der Waals surface area contributed by atoms with Gasteiger partial charge in [-0.3, -0.25) is 9.89 Å². The first kappa shape index (κ1) is 17.6. The summed E-state index contributed by atoms with van der Waals surface area (Å²) in [5.74, 6) is -0.225. The molecule has 25 heavy (non-hydrogen) atoms. The fraction of sp³-hybridized carbons (Fsp3) is 0.412. The first-order chi connectivity index (χ1) is 11.8. The lowest BCUT2D eigenvalue weighted by atomic mass is 10.0. The van der Waals surface area contributed by atoms with E-state index in [2.05, 4.69) is 10.2 Å². The number of aromatic nitrogens is 2. The van der Waals surface area contributed by atoms with Crippen LogP contribution in [0.5, 0.6) is 0 Å². The minimum atomic E-state index is -3.78. The number of benzene rings is 1. The van der Waals surface area contributed by atoms with Crippen LogP contribution in [0.1, 0.15) is 23.4 Å². The maximum absolute atomic E-state index is 12.8. The van der Waals surface area contributed by atoms with Crippen LogP contribution < -0.4 is 4.90 Å². The monoisotopic (exact) mass is 362 g/mol. The van der Waals surface area contributed by atoms with Crippen molar-refractivity contribution in [1.82, 2.24) is 14.5 Å². The highest BCUT2D eigenvalue weighted by atomic mass is 32.2. The van der Waals surface area contributed by atoms with Gasteiger partial charge < -0.3 is 4.90 Å². The summed E-state index contributed by atoms with van der Waals surface area (Å²) in [6, 6.07) is 7.76. The Kier molecular flexibility index (Phi) is 4.66. The molecule has 0 saturated carbocycles. The summed E-state index contributed by atoms with van der Waals surface area (Å²) in [6.07, 6.45) is 1.81. The predicted molar refractivity (Wildman–Crippen MR) is 95.0 cm³/mol. The molecule has 1 aromatic carbocycles. The number of para-hydroxylation sites is 1. The quantitative estimate of drug-likeness (QED) is 0.896. The average Bonchev–Trinajstić information content (AvgIpc) is 2.93. The highest BCUT2D eigenvalue weighted by Gasteiger charge is 2.31. The van der Waals surface area contributed by atoms with Gasteiger partial charge in [-0.15, -0.1) is 0 Å². The molecule has 0 spiro atoms. The van der Waals surface area contributed by atoms with E-state index in [-0.39, 0.29) is 17.3 Å².